The van der Waals surface area contributed by atoms with E-state index in [2.05, 4.69) is 5.10 Å². The van der Waals surface area contributed by atoms with Crippen LogP contribution in [0.3, 0.4) is 0 Å². The Labute approximate surface area is 140 Å². The molecule has 0 bridgehead atoms. The van der Waals surface area contributed by atoms with Crippen molar-refractivity contribution >= 4 is 5.91 Å². The Morgan fingerprint density at radius 2 is 2.08 bits per heavy atom. The molecule has 3 aromatic rings. The molecule has 2 aromatic heterocycles. The third-order valence-corrected chi connectivity index (χ3v) is 4.54. The van der Waals surface area contributed by atoms with Gasteiger partial charge in [0.15, 0.2) is 5.76 Å². The van der Waals surface area contributed by atoms with E-state index in [0.717, 1.165) is 37.1 Å². The number of carbonyl (C=O) groups excluding carboxylic acids is 1. The minimum atomic E-state index is -0.0338. The molecule has 0 N–H and O–H groups in total. The van der Waals surface area contributed by atoms with E-state index < -0.39 is 0 Å². The lowest BCUT2D eigenvalue weighted by molar-refractivity contribution is 0.0690. The van der Waals surface area contributed by atoms with E-state index in [1.165, 1.54) is 0 Å². The van der Waals surface area contributed by atoms with Crippen LogP contribution in [0.4, 0.5) is 0 Å². The van der Waals surface area contributed by atoms with Gasteiger partial charge in [-0.15, -0.1) is 0 Å². The number of hydrogen-bond acceptors (Lipinski definition) is 3. The van der Waals surface area contributed by atoms with E-state index in [9.17, 15) is 4.79 Å². The molecule has 1 saturated heterocycles. The first-order valence-corrected chi connectivity index (χ1v) is 8.24. The van der Waals surface area contributed by atoms with Crippen LogP contribution in [0.1, 0.15) is 23.4 Å². The van der Waals surface area contributed by atoms with Crippen molar-refractivity contribution in [2.45, 2.75) is 25.4 Å². The first kappa shape index (κ1) is 14.8. The third kappa shape index (κ3) is 2.73. The summed E-state index contributed by atoms with van der Waals surface area (Å²) in [6.45, 7) is 1.49. The van der Waals surface area contributed by atoms with Crippen LogP contribution in [0.15, 0.2) is 65.5 Å². The van der Waals surface area contributed by atoms with E-state index in [1.807, 2.05) is 58.2 Å². The molecule has 4 rings (SSSR count). The molecule has 1 unspecified atom stereocenters. The SMILES string of the molecule is O=C(c1occc1-c1ccccc1)N1CCCC1Cn1cccn1. The van der Waals surface area contributed by atoms with Gasteiger partial charge in [-0.1, -0.05) is 30.3 Å². The fraction of sp³-hybridized carbons (Fsp3) is 0.263. The third-order valence-electron chi connectivity index (χ3n) is 4.54. The molecule has 1 aromatic carbocycles. The highest BCUT2D eigenvalue weighted by atomic mass is 16.3. The summed E-state index contributed by atoms with van der Waals surface area (Å²) < 4.78 is 7.45. The Hall–Kier alpha value is -2.82. The van der Waals surface area contributed by atoms with Gasteiger partial charge in [-0.2, -0.15) is 5.10 Å². The number of rotatable bonds is 4. The summed E-state index contributed by atoms with van der Waals surface area (Å²) in [5.74, 6) is 0.391. The van der Waals surface area contributed by atoms with Gasteiger partial charge in [0.05, 0.1) is 18.8 Å². The van der Waals surface area contributed by atoms with Crippen molar-refractivity contribution in [2.75, 3.05) is 6.54 Å². The fourth-order valence-electron chi connectivity index (χ4n) is 3.37. The second kappa shape index (κ2) is 6.35. The van der Waals surface area contributed by atoms with E-state index in [0.29, 0.717) is 5.76 Å². The fourth-order valence-corrected chi connectivity index (χ4v) is 3.37. The van der Waals surface area contributed by atoms with Gasteiger partial charge in [0.25, 0.3) is 5.91 Å². The Bertz CT molecular complexity index is 808. The lowest BCUT2D eigenvalue weighted by atomic mass is 10.1. The van der Waals surface area contributed by atoms with E-state index >= 15 is 0 Å². The topological polar surface area (TPSA) is 51.3 Å². The molecule has 1 fully saturated rings. The van der Waals surface area contributed by atoms with Crippen molar-refractivity contribution < 1.29 is 9.21 Å². The first-order chi connectivity index (χ1) is 11.8. The van der Waals surface area contributed by atoms with Gasteiger partial charge in [0, 0.05) is 24.5 Å². The van der Waals surface area contributed by atoms with Gasteiger partial charge < -0.3 is 9.32 Å². The van der Waals surface area contributed by atoms with Crippen LogP contribution < -0.4 is 0 Å². The number of likely N-dealkylation sites (tertiary alicyclic amines) is 1. The number of furan rings is 1. The van der Waals surface area contributed by atoms with Gasteiger partial charge in [0.2, 0.25) is 0 Å². The molecule has 0 radical (unpaired) electrons. The Morgan fingerprint density at radius 3 is 2.88 bits per heavy atom. The molecular formula is C19H19N3O2. The number of carbonyl (C=O) groups is 1. The van der Waals surface area contributed by atoms with Crippen molar-refractivity contribution in [3.05, 3.63) is 66.9 Å². The molecule has 1 aliphatic rings. The van der Waals surface area contributed by atoms with Crippen LogP contribution in [0.25, 0.3) is 11.1 Å². The maximum Gasteiger partial charge on any atom is 0.290 e. The van der Waals surface area contributed by atoms with Crippen LogP contribution >= 0.6 is 0 Å². The highest BCUT2D eigenvalue weighted by Crippen LogP contribution is 2.28. The average molecular weight is 321 g/mol. The second-order valence-electron chi connectivity index (χ2n) is 6.05. The quantitative estimate of drug-likeness (QED) is 0.739. The monoisotopic (exact) mass is 321 g/mol. The van der Waals surface area contributed by atoms with Gasteiger partial charge in [-0.3, -0.25) is 9.48 Å². The number of benzene rings is 1. The molecule has 0 aliphatic carbocycles. The highest BCUT2D eigenvalue weighted by Gasteiger charge is 2.32. The molecule has 24 heavy (non-hydrogen) atoms. The summed E-state index contributed by atoms with van der Waals surface area (Å²) in [6, 6.07) is 13.8. The normalized spacial score (nSPS) is 17.3. The summed E-state index contributed by atoms with van der Waals surface area (Å²) in [6.07, 6.45) is 7.30. The number of hydrogen-bond donors (Lipinski definition) is 0. The smallest absolute Gasteiger partial charge is 0.290 e. The van der Waals surface area contributed by atoms with Crippen LogP contribution in [-0.2, 0) is 6.54 Å². The zero-order valence-corrected chi connectivity index (χ0v) is 13.3. The van der Waals surface area contributed by atoms with Crippen molar-refractivity contribution in [3.8, 4) is 11.1 Å². The van der Waals surface area contributed by atoms with Crippen LogP contribution in [0.5, 0.6) is 0 Å². The lowest BCUT2D eigenvalue weighted by Crippen LogP contribution is -2.38. The zero-order chi connectivity index (χ0) is 16.4. The van der Waals surface area contributed by atoms with Crippen LogP contribution in [0, 0.1) is 0 Å². The largest absolute Gasteiger partial charge is 0.459 e. The highest BCUT2D eigenvalue weighted by molar-refractivity contribution is 5.98. The minimum Gasteiger partial charge on any atom is -0.459 e. The Kier molecular flexibility index (Phi) is 3.91. The predicted octanol–water partition coefficient (Wildman–Crippen LogP) is 3.45. The number of nitrogens with zero attached hydrogens (tertiary/aromatic N) is 3. The molecule has 1 atom stereocenters. The van der Waals surface area contributed by atoms with Crippen molar-refractivity contribution in [3.63, 3.8) is 0 Å². The average Bonchev–Trinajstić information content (AvgIpc) is 3.37. The Morgan fingerprint density at radius 1 is 1.21 bits per heavy atom. The maximum atomic E-state index is 13.0. The molecular weight excluding hydrogens is 302 g/mol. The van der Waals surface area contributed by atoms with Crippen LogP contribution in [-0.4, -0.2) is 33.2 Å². The maximum absolute atomic E-state index is 13.0. The summed E-state index contributed by atoms with van der Waals surface area (Å²) in [4.78, 5) is 15.0. The number of aromatic nitrogens is 2. The Balaban J connectivity index is 1.59. The first-order valence-electron chi connectivity index (χ1n) is 8.24. The molecule has 1 amide bonds. The van der Waals surface area contributed by atoms with Gasteiger partial charge in [0.1, 0.15) is 0 Å². The van der Waals surface area contributed by atoms with Crippen molar-refractivity contribution in [1.29, 1.82) is 0 Å². The molecule has 1 aliphatic heterocycles. The minimum absolute atomic E-state index is 0.0338. The zero-order valence-electron chi connectivity index (χ0n) is 13.3. The molecule has 0 saturated carbocycles. The predicted molar refractivity (Wildman–Crippen MR) is 90.4 cm³/mol. The molecule has 0 spiro atoms. The van der Waals surface area contributed by atoms with E-state index in [1.54, 1.807) is 12.5 Å². The lowest BCUT2D eigenvalue weighted by Gasteiger charge is -2.24. The van der Waals surface area contributed by atoms with E-state index in [-0.39, 0.29) is 11.9 Å². The van der Waals surface area contributed by atoms with Gasteiger partial charge in [-0.25, -0.2) is 0 Å². The molecule has 122 valence electrons. The van der Waals surface area contributed by atoms with Gasteiger partial charge >= 0.3 is 0 Å². The number of amides is 1. The summed E-state index contributed by atoms with van der Waals surface area (Å²) in [5, 5.41) is 4.26. The summed E-state index contributed by atoms with van der Waals surface area (Å²) in [7, 11) is 0. The standard InChI is InChI=1S/C19H19N3O2/c23-19(18-17(9-13-24-18)15-6-2-1-3-7-15)22-12-4-8-16(22)14-21-11-5-10-20-21/h1-3,5-7,9-11,13,16H,4,8,12,14H2. The molecule has 3 heterocycles. The molecule has 5 heteroatoms. The van der Waals surface area contributed by atoms with Crippen molar-refractivity contribution in [2.24, 2.45) is 0 Å². The summed E-state index contributed by atoms with van der Waals surface area (Å²) >= 11 is 0. The van der Waals surface area contributed by atoms with Crippen LogP contribution in [0.2, 0.25) is 0 Å². The summed E-state index contributed by atoms with van der Waals surface area (Å²) in [5.41, 5.74) is 1.85. The van der Waals surface area contributed by atoms with Crippen molar-refractivity contribution in [1.82, 2.24) is 14.7 Å². The van der Waals surface area contributed by atoms with E-state index in [4.69, 9.17) is 4.42 Å². The molecule has 5 nitrogen and oxygen atoms in total. The van der Waals surface area contributed by atoms with Gasteiger partial charge in [-0.05, 0) is 30.5 Å². The second-order valence-corrected chi connectivity index (χ2v) is 6.05.